The van der Waals surface area contributed by atoms with Gasteiger partial charge in [-0.1, -0.05) is 36.4 Å². The third kappa shape index (κ3) is 1.70. The fraction of sp³-hybridized carbons (Fsp3) is 0. The number of imidazole rings is 1. The van der Waals surface area contributed by atoms with E-state index in [0.29, 0.717) is 0 Å². The van der Waals surface area contributed by atoms with Gasteiger partial charge >= 0.3 is 0 Å². The molecule has 0 aliphatic heterocycles. The van der Waals surface area contributed by atoms with E-state index in [1.54, 1.807) is 6.33 Å². The van der Waals surface area contributed by atoms with E-state index in [-0.39, 0.29) is 0 Å². The summed E-state index contributed by atoms with van der Waals surface area (Å²) in [5.41, 5.74) is 5.24. The van der Waals surface area contributed by atoms with Gasteiger partial charge in [-0.05, 0) is 12.1 Å². The van der Waals surface area contributed by atoms with Crippen LogP contribution >= 0.6 is 0 Å². The van der Waals surface area contributed by atoms with Gasteiger partial charge < -0.3 is 4.98 Å². The number of rotatable bonds is 2. The summed E-state index contributed by atoms with van der Waals surface area (Å²) in [7, 11) is 0. The van der Waals surface area contributed by atoms with Gasteiger partial charge in [0.05, 0.1) is 29.4 Å². The molecule has 96 valence electrons. The first kappa shape index (κ1) is 11.0. The highest BCUT2D eigenvalue weighted by Crippen LogP contribution is 2.30. The Hall–Kier alpha value is -2.88. The van der Waals surface area contributed by atoms with Crippen LogP contribution in [-0.4, -0.2) is 20.2 Å². The largest absolute Gasteiger partial charge is 0.344 e. The number of nitrogens with zero attached hydrogens (tertiary/aromatic N) is 2. The summed E-state index contributed by atoms with van der Waals surface area (Å²) in [4.78, 5) is 7.70. The van der Waals surface area contributed by atoms with E-state index in [1.165, 1.54) is 0 Å². The monoisotopic (exact) mass is 260 g/mol. The van der Waals surface area contributed by atoms with Crippen molar-refractivity contribution in [3.8, 4) is 22.5 Å². The molecular weight excluding hydrogens is 248 g/mol. The Bertz CT molecular complexity index is 858. The molecule has 0 saturated heterocycles. The van der Waals surface area contributed by atoms with Gasteiger partial charge in [-0.25, -0.2) is 4.98 Å². The minimum Gasteiger partial charge on any atom is -0.344 e. The lowest BCUT2D eigenvalue weighted by molar-refractivity contribution is 1.12. The van der Waals surface area contributed by atoms with Crippen LogP contribution in [0.25, 0.3) is 33.4 Å². The molecule has 0 saturated carbocycles. The normalized spacial score (nSPS) is 11.0. The number of H-pyrrole nitrogens is 2. The second-order valence-corrected chi connectivity index (χ2v) is 4.66. The fourth-order valence-corrected chi connectivity index (χ4v) is 2.43. The molecule has 4 heteroatoms. The number of nitrogens with one attached hydrogen (secondary N) is 2. The molecule has 2 aromatic carbocycles. The maximum Gasteiger partial charge on any atom is 0.0961 e. The van der Waals surface area contributed by atoms with Crippen LogP contribution < -0.4 is 0 Å². The van der Waals surface area contributed by atoms with E-state index in [1.807, 2.05) is 30.5 Å². The molecule has 2 heterocycles. The minimum absolute atomic E-state index is 0.958. The first-order chi connectivity index (χ1) is 9.92. The number of benzene rings is 2. The zero-order valence-corrected chi connectivity index (χ0v) is 10.7. The van der Waals surface area contributed by atoms with Crippen molar-refractivity contribution in [1.29, 1.82) is 0 Å². The molecular formula is C16H12N4. The van der Waals surface area contributed by atoms with Crippen LogP contribution in [0.2, 0.25) is 0 Å². The number of hydrogen-bond donors (Lipinski definition) is 2. The molecule has 0 amide bonds. The number of fused-ring (bicyclic) bond motifs is 1. The highest BCUT2D eigenvalue weighted by molar-refractivity contribution is 5.86. The van der Waals surface area contributed by atoms with Gasteiger partial charge in [-0.3, -0.25) is 5.10 Å². The zero-order chi connectivity index (χ0) is 13.4. The smallest absolute Gasteiger partial charge is 0.0961 e. The van der Waals surface area contributed by atoms with E-state index in [2.05, 4.69) is 44.4 Å². The van der Waals surface area contributed by atoms with Crippen LogP contribution in [0, 0.1) is 0 Å². The van der Waals surface area contributed by atoms with Crippen molar-refractivity contribution in [2.24, 2.45) is 0 Å². The lowest BCUT2D eigenvalue weighted by atomic mass is 10.0. The molecule has 0 spiro atoms. The Balaban J connectivity index is 1.88. The Labute approximate surface area is 115 Å². The third-order valence-corrected chi connectivity index (χ3v) is 3.42. The van der Waals surface area contributed by atoms with Gasteiger partial charge in [-0.2, -0.15) is 5.10 Å². The van der Waals surface area contributed by atoms with Crippen molar-refractivity contribution in [1.82, 2.24) is 20.2 Å². The molecule has 2 aromatic heterocycles. The average molecular weight is 260 g/mol. The topological polar surface area (TPSA) is 57.4 Å². The van der Waals surface area contributed by atoms with Gasteiger partial charge in [0.25, 0.3) is 0 Å². The summed E-state index contributed by atoms with van der Waals surface area (Å²) in [5, 5.41) is 8.10. The first-order valence-corrected chi connectivity index (χ1v) is 6.44. The van der Waals surface area contributed by atoms with E-state index < -0.39 is 0 Å². The molecule has 0 fully saturated rings. The predicted molar refractivity (Wildman–Crippen MR) is 79.1 cm³/mol. The predicted octanol–water partition coefficient (Wildman–Crippen LogP) is 3.62. The van der Waals surface area contributed by atoms with Crippen molar-refractivity contribution in [3.05, 3.63) is 61.1 Å². The van der Waals surface area contributed by atoms with Gasteiger partial charge in [-0.15, -0.1) is 0 Å². The minimum atomic E-state index is 0.958. The molecule has 0 radical (unpaired) electrons. The van der Waals surface area contributed by atoms with E-state index in [0.717, 1.165) is 33.4 Å². The van der Waals surface area contributed by atoms with Crippen molar-refractivity contribution >= 4 is 10.9 Å². The van der Waals surface area contributed by atoms with Crippen molar-refractivity contribution in [2.75, 3.05) is 0 Å². The Morgan fingerprint density at radius 1 is 0.900 bits per heavy atom. The van der Waals surface area contributed by atoms with Crippen LogP contribution in [0.4, 0.5) is 0 Å². The van der Waals surface area contributed by atoms with Crippen LogP contribution in [0.15, 0.2) is 61.1 Å². The van der Waals surface area contributed by atoms with Gasteiger partial charge in [0.1, 0.15) is 0 Å². The van der Waals surface area contributed by atoms with E-state index in [4.69, 9.17) is 0 Å². The second kappa shape index (κ2) is 4.35. The molecule has 0 aliphatic rings. The lowest BCUT2D eigenvalue weighted by Gasteiger charge is -2.03. The molecule has 0 aliphatic carbocycles. The summed E-state index contributed by atoms with van der Waals surface area (Å²) in [6, 6.07) is 16.4. The maximum atomic E-state index is 4.47. The van der Waals surface area contributed by atoms with Gasteiger partial charge in [0.15, 0.2) is 0 Å². The van der Waals surface area contributed by atoms with Crippen molar-refractivity contribution in [3.63, 3.8) is 0 Å². The summed E-state index contributed by atoms with van der Waals surface area (Å²) in [6.45, 7) is 0. The standard InChI is InChI=1S/C16H12N4/c1-2-4-11(5-3-1)15-16(18-10-17-15)12-6-7-14-13(8-12)9-19-20-14/h1-10H,(H,17,18)(H,19,20). The first-order valence-electron chi connectivity index (χ1n) is 6.44. The Morgan fingerprint density at radius 3 is 2.70 bits per heavy atom. The fourth-order valence-electron chi connectivity index (χ4n) is 2.43. The molecule has 0 atom stereocenters. The number of aromatic amines is 2. The van der Waals surface area contributed by atoms with Crippen LogP contribution in [0.1, 0.15) is 0 Å². The molecule has 4 nitrogen and oxygen atoms in total. The van der Waals surface area contributed by atoms with Crippen LogP contribution in [-0.2, 0) is 0 Å². The number of hydrogen-bond acceptors (Lipinski definition) is 2. The van der Waals surface area contributed by atoms with Crippen molar-refractivity contribution in [2.45, 2.75) is 0 Å². The maximum absolute atomic E-state index is 4.47. The van der Waals surface area contributed by atoms with Crippen molar-refractivity contribution < 1.29 is 0 Å². The SMILES string of the molecule is c1ccc(-c2[nH]cnc2-c2ccc3[nH]ncc3c2)cc1. The molecule has 4 aromatic rings. The molecule has 4 rings (SSSR count). The summed E-state index contributed by atoms with van der Waals surface area (Å²) in [5.74, 6) is 0. The third-order valence-electron chi connectivity index (χ3n) is 3.42. The summed E-state index contributed by atoms with van der Waals surface area (Å²) < 4.78 is 0. The Kier molecular flexibility index (Phi) is 2.39. The highest BCUT2D eigenvalue weighted by Gasteiger charge is 2.10. The highest BCUT2D eigenvalue weighted by atomic mass is 15.1. The van der Waals surface area contributed by atoms with E-state index >= 15 is 0 Å². The molecule has 2 N–H and O–H groups in total. The zero-order valence-electron chi connectivity index (χ0n) is 10.7. The summed E-state index contributed by atoms with van der Waals surface area (Å²) >= 11 is 0. The molecule has 0 bridgehead atoms. The van der Waals surface area contributed by atoms with Gasteiger partial charge in [0.2, 0.25) is 0 Å². The lowest BCUT2D eigenvalue weighted by Crippen LogP contribution is -1.83. The average Bonchev–Trinajstić information content (AvgIpc) is 3.16. The van der Waals surface area contributed by atoms with Crippen LogP contribution in [0.5, 0.6) is 0 Å². The Morgan fingerprint density at radius 2 is 1.80 bits per heavy atom. The van der Waals surface area contributed by atoms with E-state index in [9.17, 15) is 0 Å². The van der Waals surface area contributed by atoms with Gasteiger partial charge in [0, 0.05) is 16.5 Å². The second-order valence-electron chi connectivity index (χ2n) is 4.66. The summed E-state index contributed by atoms with van der Waals surface area (Å²) in [6.07, 6.45) is 3.56. The number of aromatic nitrogens is 4. The molecule has 0 unspecified atom stereocenters. The molecule has 20 heavy (non-hydrogen) atoms. The van der Waals surface area contributed by atoms with Crippen LogP contribution in [0.3, 0.4) is 0 Å². The quantitative estimate of drug-likeness (QED) is 0.578.